The number of hydrogen-bond acceptors (Lipinski definition) is 5. The van der Waals surface area contributed by atoms with Crippen molar-refractivity contribution < 1.29 is 8.83 Å². The molecule has 0 radical (unpaired) electrons. The van der Waals surface area contributed by atoms with Gasteiger partial charge in [0.15, 0.2) is 5.84 Å². The van der Waals surface area contributed by atoms with Crippen molar-refractivity contribution in [1.29, 1.82) is 0 Å². The number of aliphatic imine (C=N–C) groups is 2. The molecule has 2 aromatic heterocycles. The van der Waals surface area contributed by atoms with Gasteiger partial charge in [0, 0.05) is 43.8 Å². The van der Waals surface area contributed by atoms with Gasteiger partial charge in [0.05, 0.1) is 0 Å². The Morgan fingerprint density at radius 1 is 0.500 bits per heavy atom. The normalized spacial score (nSPS) is 14.9. The summed E-state index contributed by atoms with van der Waals surface area (Å²) in [6.07, 6.45) is -0.338. The van der Waals surface area contributed by atoms with E-state index in [9.17, 15) is 0 Å². The van der Waals surface area contributed by atoms with Crippen molar-refractivity contribution in [3.05, 3.63) is 168 Å². The molecule has 1 N–H and O–H groups in total. The van der Waals surface area contributed by atoms with Gasteiger partial charge in [-0.15, -0.1) is 0 Å². The quantitative estimate of drug-likeness (QED) is 0.214. The molecule has 0 bridgehead atoms. The lowest BCUT2D eigenvalue weighted by Gasteiger charge is -2.24. The molecule has 0 fully saturated rings. The molecule has 3 heterocycles. The molecule has 0 saturated carbocycles. The zero-order valence-electron chi connectivity index (χ0n) is 25.7. The van der Waals surface area contributed by atoms with E-state index in [1.807, 2.05) is 48.5 Å². The fraction of sp³-hybridized carbons (Fsp3) is 0.0233. The highest BCUT2D eigenvalue weighted by atomic mass is 16.3. The molecular weight excluding hydrogens is 590 g/mol. The molecule has 0 spiro atoms. The molecule has 0 aliphatic carbocycles. The molecule has 226 valence electrons. The Bertz CT molecular complexity index is 2770. The second kappa shape index (κ2) is 10.5. The molecule has 7 aromatic carbocycles. The van der Waals surface area contributed by atoms with Crippen molar-refractivity contribution in [3.8, 4) is 11.1 Å². The molecule has 0 saturated heterocycles. The average Bonchev–Trinajstić information content (AvgIpc) is 3.74. The Hall–Kier alpha value is -6.46. The van der Waals surface area contributed by atoms with Gasteiger partial charge in [-0.1, -0.05) is 121 Å². The SMILES string of the molecule is c1ccc(C2=NC(c3ccc(-c4cccc5c4oc4ccccc45)c4oc5ccccc5c34)=NC(c3ccc4ccccc4c3)N2)cc1. The predicted octanol–water partition coefficient (Wildman–Crippen LogP) is 10.8. The second-order valence-electron chi connectivity index (χ2n) is 12.2. The van der Waals surface area contributed by atoms with E-state index in [0.717, 1.165) is 77.5 Å². The van der Waals surface area contributed by atoms with Crippen molar-refractivity contribution in [1.82, 2.24) is 5.32 Å². The molecule has 5 nitrogen and oxygen atoms in total. The number of fused-ring (bicyclic) bond motifs is 7. The molecule has 48 heavy (non-hydrogen) atoms. The van der Waals surface area contributed by atoms with Gasteiger partial charge < -0.3 is 14.2 Å². The minimum atomic E-state index is -0.338. The van der Waals surface area contributed by atoms with Gasteiger partial charge in [-0.2, -0.15) is 0 Å². The average molecular weight is 618 g/mol. The molecule has 9 aromatic rings. The highest BCUT2D eigenvalue weighted by molar-refractivity contribution is 6.24. The molecule has 10 rings (SSSR count). The van der Waals surface area contributed by atoms with E-state index < -0.39 is 0 Å². The van der Waals surface area contributed by atoms with Crippen LogP contribution < -0.4 is 5.32 Å². The Balaban J connectivity index is 1.22. The van der Waals surface area contributed by atoms with Gasteiger partial charge in [-0.3, -0.25) is 0 Å². The molecule has 1 aliphatic heterocycles. The maximum Gasteiger partial charge on any atom is 0.160 e. The first-order valence-electron chi connectivity index (χ1n) is 16.1. The Kier molecular flexibility index (Phi) is 5.87. The van der Waals surface area contributed by atoms with Crippen LogP contribution >= 0.6 is 0 Å². The Labute approximate surface area is 275 Å². The van der Waals surface area contributed by atoms with Crippen LogP contribution in [-0.4, -0.2) is 11.7 Å². The number of rotatable bonds is 4. The number of nitrogens with zero attached hydrogens (tertiary/aromatic N) is 2. The summed E-state index contributed by atoms with van der Waals surface area (Å²) in [4.78, 5) is 10.5. The monoisotopic (exact) mass is 617 g/mol. The largest absolute Gasteiger partial charge is 0.455 e. The van der Waals surface area contributed by atoms with E-state index in [2.05, 4.69) is 108 Å². The summed E-state index contributed by atoms with van der Waals surface area (Å²) >= 11 is 0. The third kappa shape index (κ3) is 4.18. The van der Waals surface area contributed by atoms with Gasteiger partial charge in [-0.05, 0) is 46.7 Å². The number of furan rings is 2. The Morgan fingerprint density at radius 3 is 2.04 bits per heavy atom. The first-order chi connectivity index (χ1) is 23.8. The van der Waals surface area contributed by atoms with E-state index in [1.165, 1.54) is 10.8 Å². The van der Waals surface area contributed by atoms with Crippen LogP contribution in [0.5, 0.6) is 0 Å². The van der Waals surface area contributed by atoms with Crippen LogP contribution in [0.1, 0.15) is 22.9 Å². The zero-order chi connectivity index (χ0) is 31.6. The molecule has 1 unspecified atom stereocenters. The van der Waals surface area contributed by atoms with E-state index in [-0.39, 0.29) is 6.17 Å². The van der Waals surface area contributed by atoms with Gasteiger partial charge in [0.1, 0.15) is 34.3 Å². The number of nitrogens with one attached hydrogen (secondary N) is 1. The van der Waals surface area contributed by atoms with E-state index >= 15 is 0 Å². The molecule has 1 atom stereocenters. The minimum Gasteiger partial charge on any atom is -0.455 e. The first-order valence-corrected chi connectivity index (χ1v) is 16.1. The van der Waals surface area contributed by atoms with Crippen molar-refractivity contribution >= 4 is 66.3 Å². The van der Waals surface area contributed by atoms with E-state index in [1.54, 1.807) is 0 Å². The summed E-state index contributed by atoms with van der Waals surface area (Å²) < 4.78 is 13.2. The van der Waals surface area contributed by atoms with Gasteiger partial charge >= 0.3 is 0 Å². The third-order valence-electron chi connectivity index (χ3n) is 9.34. The summed E-state index contributed by atoms with van der Waals surface area (Å²) in [6, 6.07) is 52.1. The standard InChI is InChI=1S/C43H27N3O2/c1-2-12-27(13-3-1)41-44-42(29-22-21-26-11-4-5-14-28(26)25-29)46-43(45-41)35-24-23-33(40-38(35)34-16-7-9-20-37(34)48-40)32-18-10-17-31-30-15-6-8-19-36(30)47-39(31)32/h1-25,42H,(H,44,45,46). The highest BCUT2D eigenvalue weighted by Crippen LogP contribution is 2.43. The third-order valence-corrected chi connectivity index (χ3v) is 9.34. The number of hydrogen-bond donors (Lipinski definition) is 1. The van der Waals surface area contributed by atoms with Crippen molar-refractivity contribution in [3.63, 3.8) is 0 Å². The van der Waals surface area contributed by atoms with Gasteiger partial charge in [0.25, 0.3) is 0 Å². The lowest BCUT2D eigenvalue weighted by molar-refractivity contribution is 0.665. The summed E-state index contributed by atoms with van der Waals surface area (Å²) in [6.45, 7) is 0. The van der Waals surface area contributed by atoms with Crippen LogP contribution in [-0.2, 0) is 0 Å². The van der Waals surface area contributed by atoms with Crippen molar-refractivity contribution in [2.24, 2.45) is 9.98 Å². The maximum absolute atomic E-state index is 6.70. The number of para-hydroxylation sites is 3. The fourth-order valence-electron chi connectivity index (χ4n) is 7.05. The topological polar surface area (TPSA) is 63.0 Å². The number of amidine groups is 2. The van der Waals surface area contributed by atoms with Crippen LogP contribution in [0.4, 0.5) is 0 Å². The minimum absolute atomic E-state index is 0.338. The van der Waals surface area contributed by atoms with E-state index in [4.69, 9.17) is 18.8 Å². The lowest BCUT2D eigenvalue weighted by Crippen LogP contribution is -2.33. The van der Waals surface area contributed by atoms with Gasteiger partial charge in [0.2, 0.25) is 0 Å². The van der Waals surface area contributed by atoms with Crippen LogP contribution in [0.15, 0.2) is 170 Å². The summed E-state index contributed by atoms with van der Waals surface area (Å²) in [5.41, 5.74) is 8.21. The van der Waals surface area contributed by atoms with Crippen LogP contribution in [0.3, 0.4) is 0 Å². The zero-order valence-corrected chi connectivity index (χ0v) is 25.7. The molecule has 1 aliphatic rings. The summed E-state index contributed by atoms with van der Waals surface area (Å²) in [5, 5.41) is 10.2. The predicted molar refractivity (Wildman–Crippen MR) is 196 cm³/mol. The van der Waals surface area contributed by atoms with Crippen LogP contribution in [0.25, 0.3) is 65.8 Å². The van der Waals surface area contributed by atoms with Crippen LogP contribution in [0.2, 0.25) is 0 Å². The lowest BCUT2D eigenvalue weighted by atomic mass is 9.96. The van der Waals surface area contributed by atoms with E-state index in [0.29, 0.717) is 5.84 Å². The van der Waals surface area contributed by atoms with Gasteiger partial charge in [-0.25, -0.2) is 9.98 Å². The molecular formula is C43H27N3O2. The molecule has 0 amide bonds. The van der Waals surface area contributed by atoms with Crippen molar-refractivity contribution in [2.45, 2.75) is 6.17 Å². The Morgan fingerprint density at radius 2 is 1.17 bits per heavy atom. The first kappa shape index (κ1) is 26.7. The summed E-state index contributed by atoms with van der Waals surface area (Å²) in [5.74, 6) is 1.42. The number of benzene rings is 7. The highest BCUT2D eigenvalue weighted by Gasteiger charge is 2.26. The summed E-state index contributed by atoms with van der Waals surface area (Å²) in [7, 11) is 0. The van der Waals surface area contributed by atoms with Crippen LogP contribution in [0, 0.1) is 0 Å². The smallest absolute Gasteiger partial charge is 0.160 e. The van der Waals surface area contributed by atoms with Crippen molar-refractivity contribution in [2.75, 3.05) is 0 Å². The molecule has 5 heteroatoms. The second-order valence-corrected chi connectivity index (χ2v) is 12.2. The fourth-order valence-corrected chi connectivity index (χ4v) is 7.05. The maximum atomic E-state index is 6.70.